The standard InChI is InChI=1S/C24H29ClN4O4/c1-15(22(30)28-21-11-20(32-5)18(25)13-27-21)16-8-9-19(26-12-16)17-7-6-10-29(14-17)23(31)33-24(2,3)4/h7-9,11-13,15H,6,10,14H2,1-5H3,(H,27,28,30). The van der Waals surface area contributed by atoms with Crippen LogP contribution in [-0.4, -0.2) is 52.7 Å². The molecule has 8 nitrogen and oxygen atoms in total. The maximum absolute atomic E-state index is 12.7. The van der Waals surface area contributed by atoms with Crippen molar-refractivity contribution in [3.8, 4) is 5.75 Å². The van der Waals surface area contributed by atoms with E-state index >= 15 is 0 Å². The van der Waals surface area contributed by atoms with Crippen LogP contribution in [0.5, 0.6) is 5.75 Å². The monoisotopic (exact) mass is 472 g/mol. The Bertz CT molecular complexity index is 1050. The van der Waals surface area contributed by atoms with E-state index in [4.69, 9.17) is 21.1 Å². The van der Waals surface area contributed by atoms with Crippen LogP contribution in [0.1, 0.15) is 51.3 Å². The molecule has 1 aliphatic heterocycles. The number of methoxy groups -OCH3 is 1. The predicted octanol–water partition coefficient (Wildman–Crippen LogP) is 4.91. The highest BCUT2D eigenvalue weighted by atomic mass is 35.5. The van der Waals surface area contributed by atoms with E-state index in [0.717, 1.165) is 23.3 Å². The average molecular weight is 473 g/mol. The van der Waals surface area contributed by atoms with Gasteiger partial charge in [-0.3, -0.25) is 9.78 Å². The van der Waals surface area contributed by atoms with Gasteiger partial charge in [0.15, 0.2) is 0 Å². The molecule has 1 unspecified atom stereocenters. The minimum Gasteiger partial charge on any atom is -0.495 e. The quantitative estimate of drug-likeness (QED) is 0.664. The largest absolute Gasteiger partial charge is 0.495 e. The molecule has 0 saturated carbocycles. The molecule has 176 valence electrons. The summed E-state index contributed by atoms with van der Waals surface area (Å²) in [5.41, 5.74) is 1.94. The molecule has 0 aromatic carbocycles. The van der Waals surface area contributed by atoms with Gasteiger partial charge in [0, 0.05) is 18.8 Å². The number of nitrogens with one attached hydrogen (secondary N) is 1. The van der Waals surface area contributed by atoms with Crippen LogP contribution in [0.2, 0.25) is 5.02 Å². The second-order valence-electron chi connectivity index (χ2n) is 8.81. The summed E-state index contributed by atoms with van der Waals surface area (Å²) in [6, 6.07) is 5.31. The summed E-state index contributed by atoms with van der Waals surface area (Å²) in [6.45, 7) is 8.38. The Balaban J connectivity index is 1.65. The number of anilines is 1. The van der Waals surface area contributed by atoms with Gasteiger partial charge in [-0.15, -0.1) is 0 Å². The summed E-state index contributed by atoms with van der Waals surface area (Å²) in [6.07, 6.45) is 5.59. The Kier molecular flexibility index (Phi) is 7.58. The molecule has 3 heterocycles. The van der Waals surface area contributed by atoms with Crippen molar-refractivity contribution < 1.29 is 19.1 Å². The van der Waals surface area contributed by atoms with Gasteiger partial charge in [0.2, 0.25) is 5.91 Å². The van der Waals surface area contributed by atoms with Crippen molar-refractivity contribution in [2.45, 2.75) is 45.6 Å². The van der Waals surface area contributed by atoms with Crippen LogP contribution in [0.4, 0.5) is 10.6 Å². The van der Waals surface area contributed by atoms with Gasteiger partial charge < -0.3 is 19.7 Å². The van der Waals surface area contributed by atoms with Gasteiger partial charge in [0.25, 0.3) is 0 Å². The van der Waals surface area contributed by atoms with E-state index in [1.165, 1.54) is 13.3 Å². The van der Waals surface area contributed by atoms with Crippen LogP contribution in [0.25, 0.3) is 5.57 Å². The average Bonchev–Trinajstić information content (AvgIpc) is 2.79. The molecule has 0 radical (unpaired) electrons. The maximum atomic E-state index is 12.7. The number of amides is 2. The van der Waals surface area contributed by atoms with Crippen molar-refractivity contribution in [1.82, 2.24) is 14.9 Å². The van der Waals surface area contributed by atoms with Gasteiger partial charge in [-0.05, 0) is 51.3 Å². The van der Waals surface area contributed by atoms with Crippen molar-refractivity contribution in [3.63, 3.8) is 0 Å². The molecule has 33 heavy (non-hydrogen) atoms. The number of hydrogen-bond acceptors (Lipinski definition) is 6. The normalized spacial score (nSPS) is 14.8. The van der Waals surface area contributed by atoms with E-state index < -0.39 is 11.5 Å². The summed E-state index contributed by atoms with van der Waals surface area (Å²) in [4.78, 5) is 35.4. The van der Waals surface area contributed by atoms with Gasteiger partial charge in [0.1, 0.15) is 22.2 Å². The summed E-state index contributed by atoms with van der Waals surface area (Å²) in [5, 5.41) is 3.14. The number of ether oxygens (including phenoxy) is 2. The topological polar surface area (TPSA) is 93.7 Å². The smallest absolute Gasteiger partial charge is 0.410 e. The highest BCUT2D eigenvalue weighted by molar-refractivity contribution is 6.32. The summed E-state index contributed by atoms with van der Waals surface area (Å²) >= 11 is 5.98. The third kappa shape index (κ3) is 6.44. The van der Waals surface area contributed by atoms with Crippen molar-refractivity contribution in [3.05, 3.63) is 52.9 Å². The number of aromatic nitrogens is 2. The van der Waals surface area contributed by atoms with Crippen LogP contribution in [0.15, 0.2) is 36.7 Å². The zero-order valence-corrected chi connectivity index (χ0v) is 20.3. The number of nitrogens with zero attached hydrogens (tertiary/aromatic N) is 3. The molecule has 1 N–H and O–H groups in total. The lowest BCUT2D eigenvalue weighted by Crippen LogP contribution is -2.39. The van der Waals surface area contributed by atoms with Gasteiger partial charge in [-0.1, -0.05) is 23.7 Å². The van der Waals surface area contributed by atoms with E-state index in [0.29, 0.717) is 29.7 Å². The Labute approximate surface area is 199 Å². The molecular weight excluding hydrogens is 444 g/mol. The molecule has 9 heteroatoms. The first kappa shape index (κ1) is 24.5. The predicted molar refractivity (Wildman–Crippen MR) is 127 cm³/mol. The minimum absolute atomic E-state index is 0.227. The fourth-order valence-electron chi connectivity index (χ4n) is 3.29. The molecule has 0 fully saturated rings. The van der Waals surface area contributed by atoms with Crippen molar-refractivity contribution in [1.29, 1.82) is 0 Å². The second-order valence-corrected chi connectivity index (χ2v) is 9.22. The molecule has 0 aliphatic carbocycles. The van der Waals surface area contributed by atoms with Crippen LogP contribution in [0, 0.1) is 0 Å². The van der Waals surface area contributed by atoms with Gasteiger partial charge in [0.05, 0.1) is 31.5 Å². The third-order valence-corrected chi connectivity index (χ3v) is 5.39. The Hall–Kier alpha value is -3.13. The molecule has 2 aromatic rings. The summed E-state index contributed by atoms with van der Waals surface area (Å²) < 4.78 is 10.6. The molecule has 2 aromatic heterocycles. The molecule has 0 saturated heterocycles. The van der Waals surface area contributed by atoms with E-state index in [-0.39, 0.29) is 12.0 Å². The second kappa shape index (κ2) is 10.2. The minimum atomic E-state index is -0.540. The van der Waals surface area contributed by atoms with Crippen molar-refractivity contribution >= 4 is 35.0 Å². The van der Waals surface area contributed by atoms with Gasteiger partial charge >= 0.3 is 6.09 Å². The van der Waals surface area contributed by atoms with E-state index in [2.05, 4.69) is 21.4 Å². The lowest BCUT2D eigenvalue weighted by atomic mass is 10.00. The number of carbonyl (C=O) groups is 2. The van der Waals surface area contributed by atoms with Crippen LogP contribution >= 0.6 is 11.6 Å². The highest BCUT2D eigenvalue weighted by Gasteiger charge is 2.25. The first-order valence-electron chi connectivity index (χ1n) is 10.7. The molecule has 1 atom stereocenters. The number of pyridine rings is 2. The molecule has 3 rings (SSSR count). The first-order valence-corrected chi connectivity index (χ1v) is 11.1. The number of carbonyl (C=O) groups excluding carboxylic acids is 2. The SMILES string of the molecule is COc1cc(NC(=O)C(C)c2ccc(C3=CCCN(C(=O)OC(C)(C)C)C3)nc2)ncc1Cl. The van der Waals surface area contributed by atoms with E-state index in [9.17, 15) is 9.59 Å². The molecule has 0 spiro atoms. The van der Waals surface area contributed by atoms with Gasteiger partial charge in [-0.2, -0.15) is 0 Å². The molecule has 2 amide bonds. The fourth-order valence-corrected chi connectivity index (χ4v) is 3.47. The first-order chi connectivity index (χ1) is 15.6. The molecular formula is C24H29ClN4O4. The fraction of sp³-hybridized carbons (Fsp3) is 0.417. The van der Waals surface area contributed by atoms with Crippen LogP contribution in [-0.2, 0) is 9.53 Å². The maximum Gasteiger partial charge on any atom is 0.410 e. The van der Waals surface area contributed by atoms with E-state index in [1.54, 1.807) is 24.1 Å². The zero-order valence-electron chi connectivity index (χ0n) is 19.5. The zero-order chi connectivity index (χ0) is 24.2. The highest BCUT2D eigenvalue weighted by Crippen LogP contribution is 2.27. The summed E-state index contributed by atoms with van der Waals surface area (Å²) in [5.74, 6) is 0.108. The Morgan fingerprint density at radius 3 is 2.61 bits per heavy atom. The number of rotatable bonds is 5. The van der Waals surface area contributed by atoms with Crippen molar-refractivity contribution in [2.24, 2.45) is 0 Å². The third-order valence-electron chi connectivity index (χ3n) is 5.10. The number of hydrogen-bond donors (Lipinski definition) is 1. The Morgan fingerprint density at radius 2 is 1.97 bits per heavy atom. The van der Waals surface area contributed by atoms with Crippen molar-refractivity contribution in [2.75, 3.05) is 25.5 Å². The lowest BCUT2D eigenvalue weighted by Gasteiger charge is -2.30. The van der Waals surface area contributed by atoms with Gasteiger partial charge in [-0.25, -0.2) is 9.78 Å². The summed E-state index contributed by atoms with van der Waals surface area (Å²) in [7, 11) is 1.50. The number of halogens is 1. The van der Waals surface area contributed by atoms with E-state index in [1.807, 2.05) is 32.9 Å². The Morgan fingerprint density at radius 1 is 1.21 bits per heavy atom. The lowest BCUT2D eigenvalue weighted by molar-refractivity contribution is -0.117. The molecule has 0 bridgehead atoms. The van der Waals surface area contributed by atoms with Crippen LogP contribution < -0.4 is 10.1 Å². The van der Waals surface area contributed by atoms with Crippen LogP contribution in [0.3, 0.4) is 0 Å². The molecule has 1 aliphatic rings.